The van der Waals surface area contributed by atoms with Crippen molar-refractivity contribution in [2.24, 2.45) is 0 Å². The second-order valence-electron chi connectivity index (χ2n) is 8.27. The van der Waals surface area contributed by atoms with Gasteiger partial charge in [0.2, 0.25) is 0 Å². The minimum atomic E-state index is -0.274. The molecule has 5 nitrogen and oxygen atoms in total. The number of aryl methyl sites for hydroxylation is 1. The number of aliphatic hydroxyl groups is 1. The highest BCUT2D eigenvalue weighted by molar-refractivity contribution is 5.33. The molecule has 4 rings (SSSR count). The van der Waals surface area contributed by atoms with Crippen LogP contribution in [0.4, 0.5) is 4.39 Å². The van der Waals surface area contributed by atoms with Crippen molar-refractivity contribution in [3.63, 3.8) is 0 Å². The Kier molecular flexibility index (Phi) is 7.46. The maximum absolute atomic E-state index is 14.0. The molecule has 6 heteroatoms. The van der Waals surface area contributed by atoms with Gasteiger partial charge in [-0.15, -0.1) is 0 Å². The third-order valence-electron chi connectivity index (χ3n) is 6.05. The third-order valence-corrected chi connectivity index (χ3v) is 6.05. The summed E-state index contributed by atoms with van der Waals surface area (Å²) < 4.78 is 15.6. The van der Waals surface area contributed by atoms with Gasteiger partial charge in [-0.1, -0.05) is 42.5 Å². The molecular weight excluding hydrogens is 391 g/mol. The number of rotatable bonds is 9. The van der Waals surface area contributed by atoms with Crippen LogP contribution in [-0.2, 0) is 13.0 Å². The van der Waals surface area contributed by atoms with Crippen LogP contribution >= 0.6 is 0 Å². The summed E-state index contributed by atoms with van der Waals surface area (Å²) in [4.78, 5) is 4.94. The molecule has 0 amide bonds. The zero-order chi connectivity index (χ0) is 21.5. The molecule has 0 aliphatic carbocycles. The summed E-state index contributed by atoms with van der Waals surface area (Å²) in [5, 5.41) is 13.9. The van der Waals surface area contributed by atoms with Crippen molar-refractivity contribution >= 4 is 0 Å². The smallest absolute Gasteiger partial charge is 0.148 e. The first kappa shape index (κ1) is 21.7. The molecule has 1 atom stereocenters. The van der Waals surface area contributed by atoms with Crippen molar-refractivity contribution in [3.8, 4) is 5.69 Å². The number of hydrogen-bond donors (Lipinski definition) is 1. The lowest BCUT2D eigenvalue weighted by Crippen LogP contribution is -2.53. The maximum atomic E-state index is 14.0. The van der Waals surface area contributed by atoms with Crippen molar-refractivity contribution in [2.45, 2.75) is 31.8 Å². The van der Waals surface area contributed by atoms with Gasteiger partial charge in [0.1, 0.15) is 11.5 Å². The Morgan fingerprint density at radius 2 is 1.81 bits per heavy atom. The second kappa shape index (κ2) is 10.7. The Bertz CT molecular complexity index is 945. The average molecular weight is 423 g/mol. The molecule has 1 N–H and O–H groups in total. The first-order valence-electron chi connectivity index (χ1n) is 11.1. The van der Waals surface area contributed by atoms with E-state index >= 15 is 0 Å². The van der Waals surface area contributed by atoms with Gasteiger partial charge in [0, 0.05) is 50.6 Å². The van der Waals surface area contributed by atoms with Crippen LogP contribution in [0.15, 0.2) is 67.0 Å². The molecule has 1 saturated heterocycles. The topological polar surface area (TPSA) is 44.5 Å². The summed E-state index contributed by atoms with van der Waals surface area (Å²) in [6.07, 6.45) is 6.73. The first-order valence-corrected chi connectivity index (χ1v) is 11.1. The molecule has 0 spiro atoms. The van der Waals surface area contributed by atoms with E-state index in [4.69, 9.17) is 0 Å². The van der Waals surface area contributed by atoms with Crippen LogP contribution in [0.25, 0.3) is 5.69 Å². The lowest BCUT2D eigenvalue weighted by atomic mass is 10.1. The van der Waals surface area contributed by atoms with Gasteiger partial charge in [-0.3, -0.25) is 9.80 Å². The van der Waals surface area contributed by atoms with Crippen molar-refractivity contribution in [3.05, 3.63) is 83.9 Å². The summed E-state index contributed by atoms with van der Waals surface area (Å²) in [6, 6.07) is 17.7. The van der Waals surface area contributed by atoms with Crippen LogP contribution in [0.3, 0.4) is 0 Å². The SMILES string of the molecule is OCC[C@H]1CN(Cc2cnn(-c3ccccc3F)c2)CCN1CCCc1ccccc1. The number of nitrogens with zero attached hydrogens (tertiary/aromatic N) is 4. The molecule has 164 valence electrons. The van der Waals surface area contributed by atoms with Gasteiger partial charge >= 0.3 is 0 Å². The predicted octanol–water partition coefficient (Wildman–Crippen LogP) is 3.51. The standard InChI is InChI=1S/C25H31FN4O/c26-24-10-4-5-11-25(24)30-19-22(17-27-30)18-28-14-15-29(23(20-28)12-16-31)13-6-9-21-7-2-1-3-8-21/h1-5,7-8,10-11,17,19,23,31H,6,9,12-16,18,20H2/t23-/m0/s1. The first-order chi connectivity index (χ1) is 15.2. The van der Waals surface area contributed by atoms with Crippen LogP contribution in [0, 0.1) is 5.82 Å². The number of para-hydroxylation sites is 1. The minimum Gasteiger partial charge on any atom is -0.396 e. The van der Waals surface area contributed by atoms with E-state index in [1.54, 1.807) is 16.8 Å². The fraction of sp³-hybridized carbons (Fsp3) is 0.400. The monoisotopic (exact) mass is 422 g/mol. The Balaban J connectivity index is 1.31. The van der Waals surface area contributed by atoms with Gasteiger partial charge < -0.3 is 5.11 Å². The molecule has 0 bridgehead atoms. The lowest BCUT2D eigenvalue weighted by molar-refractivity contribution is 0.0547. The molecular formula is C25H31FN4O. The highest BCUT2D eigenvalue weighted by Gasteiger charge is 2.26. The molecule has 0 radical (unpaired) electrons. The number of aliphatic hydroxyl groups excluding tert-OH is 1. The molecule has 3 aromatic rings. The third kappa shape index (κ3) is 5.79. The minimum absolute atomic E-state index is 0.207. The highest BCUT2D eigenvalue weighted by atomic mass is 19.1. The number of aromatic nitrogens is 2. The van der Waals surface area contributed by atoms with E-state index in [0.717, 1.165) is 57.5 Å². The molecule has 0 saturated carbocycles. The molecule has 1 aliphatic rings. The van der Waals surface area contributed by atoms with Crippen LogP contribution in [0.5, 0.6) is 0 Å². The molecule has 2 heterocycles. The van der Waals surface area contributed by atoms with Crippen LogP contribution < -0.4 is 0 Å². The number of piperazine rings is 1. The highest BCUT2D eigenvalue weighted by Crippen LogP contribution is 2.18. The Morgan fingerprint density at radius 3 is 2.61 bits per heavy atom. The fourth-order valence-corrected chi connectivity index (χ4v) is 4.42. The number of hydrogen-bond acceptors (Lipinski definition) is 4. The van der Waals surface area contributed by atoms with Gasteiger partial charge in [0.25, 0.3) is 0 Å². The van der Waals surface area contributed by atoms with E-state index < -0.39 is 0 Å². The van der Waals surface area contributed by atoms with Crippen LogP contribution in [0.2, 0.25) is 0 Å². The molecule has 1 aromatic heterocycles. The Hall–Kier alpha value is -2.54. The van der Waals surface area contributed by atoms with Crippen LogP contribution in [0.1, 0.15) is 24.0 Å². The molecule has 2 aromatic carbocycles. The Morgan fingerprint density at radius 1 is 1.00 bits per heavy atom. The fourth-order valence-electron chi connectivity index (χ4n) is 4.42. The van der Waals surface area contributed by atoms with E-state index in [1.807, 2.05) is 18.5 Å². The normalized spacial score (nSPS) is 17.8. The molecule has 0 unspecified atom stereocenters. The van der Waals surface area contributed by atoms with Crippen molar-refractivity contribution in [2.75, 3.05) is 32.8 Å². The largest absolute Gasteiger partial charge is 0.396 e. The molecule has 31 heavy (non-hydrogen) atoms. The van der Waals surface area contributed by atoms with Gasteiger partial charge in [-0.2, -0.15) is 5.10 Å². The van der Waals surface area contributed by atoms with E-state index in [2.05, 4.69) is 45.2 Å². The lowest BCUT2D eigenvalue weighted by Gasteiger charge is -2.41. The van der Waals surface area contributed by atoms with Gasteiger partial charge in [0.05, 0.1) is 6.20 Å². The van der Waals surface area contributed by atoms with Crippen molar-refractivity contribution < 1.29 is 9.50 Å². The second-order valence-corrected chi connectivity index (χ2v) is 8.27. The van der Waals surface area contributed by atoms with Crippen molar-refractivity contribution in [1.29, 1.82) is 0 Å². The van der Waals surface area contributed by atoms with Gasteiger partial charge in [-0.05, 0) is 43.5 Å². The van der Waals surface area contributed by atoms with Gasteiger partial charge in [0.15, 0.2) is 0 Å². The van der Waals surface area contributed by atoms with E-state index in [-0.39, 0.29) is 12.4 Å². The zero-order valence-corrected chi connectivity index (χ0v) is 17.9. The predicted molar refractivity (Wildman–Crippen MR) is 121 cm³/mol. The van der Waals surface area contributed by atoms with Crippen molar-refractivity contribution in [1.82, 2.24) is 19.6 Å². The summed E-state index contributed by atoms with van der Waals surface area (Å²) in [7, 11) is 0. The van der Waals surface area contributed by atoms with E-state index in [9.17, 15) is 9.50 Å². The summed E-state index contributed by atoms with van der Waals surface area (Å²) in [5.41, 5.74) is 2.92. The van der Waals surface area contributed by atoms with E-state index in [1.165, 1.54) is 11.6 Å². The Labute approximate surface area is 183 Å². The average Bonchev–Trinajstić information content (AvgIpc) is 3.25. The number of halogens is 1. The van der Waals surface area contributed by atoms with E-state index in [0.29, 0.717) is 11.7 Å². The van der Waals surface area contributed by atoms with Gasteiger partial charge in [-0.25, -0.2) is 9.07 Å². The molecule has 1 aliphatic heterocycles. The summed E-state index contributed by atoms with van der Waals surface area (Å²) in [6.45, 7) is 4.96. The van der Waals surface area contributed by atoms with Crippen LogP contribution in [-0.4, -0.2) is 63.5 Å². The summed E-state index contributed by atoms with van der Waals surface area (Å²) >= 11 is 0. The zero-order valence-electron chi connectivity index (χ0n) is 17.9. The number of benzene rings is 2. The molecule has 1 fully saturated rings. The summed E-state index contributed by atoms with van der Waals surface area (Å²) in [5.74, 6) is -0.274. The maximum Gasteiger partial charge on any atom is 0.148 e. The quantitative estimate of drug-likeness (QED) is 0.573.